The summed E-state index contributed by atoms with van der Waals surface area (Å²) in [5, 5.41) is 11.3. The molecule has 0 aliphatic heterocycles. The van der Waals surface area contributed by atoms with Crippen molar-refractivity contribution in [1.29, 1.82) is 0 Å². The quantitative estimate of drug-likeness (QED) is 0.727. The zero-order valence-electron chi connectivity index (χ0n) is 13.5. The molecule has 0 radical (unpaired) electrons. The zero-order valence-corrected chi connectivity index (χ0v) is 13.5. The van der Waals surface area contributed by atoms with Crippen LogP contribution in [0.2, 0.25) is 0 Å². The molecule has 126 valence electrons. The molecule has 0 atom stereocenters. The van der Waals surface area contributed by atoms with Gasteiger partial charge in [-0.15, -0.1) is 0 Å². The molecule has 1 heterocycles. The molecule has 6 heteroatoms. The molecular formula is C18H20N2O4. The van der Waals surface area contributed by atoms with Crippen LogP contribution in [-0.2, 0) is 4.79 Å². The predicted octanol–water partition coefficient (Wildman–Crippen LogP) is 2.74. The number of pyridine rings is 1. The van der Waals surface area contributed by atoms with Crippen LogP contribution in [0, 0.1) is 0 Å². The van der Waals surface area contributed by atoms with E-state index in [1.165, 1.54) is 6.20 Å². The number of carboxylic acid groups (broad SMARTS) is 1. The largest absolute Gasteiger partial charge is 0.497 e. The highest BCUT2D eigenvalue weighted by molar-refractivity contribution is 5.95. The number of methoxy groups -OCH3 is 1. The van der Waals surface area contributed by atoms with Crippen LogP contribution in [0.5, 0.6) is 5.75 Å². The van der Waals surface area contributed by atoms with Crippen LogP contribution in [0.25, 0.3) is 11.1 Å². The van der Waals surface area contributed by atoms with Crippen molar-refractivity contribution in [2.75, 3.05) is 13.7 Å². The number of carboxylic acids is 1. The van der Waals surface area contributed by atoms with E-state index < -0.39 is 5.97 Å². The number of benzene rings is 1. The zero-order chi connectivity index (χ0) is 17.4. The number of aliphatic carboxylic acids is 1. The topological polar surface area (TPSA) is 88.5 Å². The van der Waals surface area contributed by atoms with Gasteiger partial charge in [-0.2, -0.15) is 0 Å². The van der Waals surface area contributed by atoms with E-state index in [1.807, 2.05) is 24.3 Å². The Kier molecular flexibility index (Phi) is 6.31. The molecule has 0 aliphatic rings. The van der Waals surface area contributed by atoms with E-state index in [1.54, 1.807) is 19.4 Å². The predicted molar refractivity (Wildman–Crippen MR) is 90.0 cm³/mol. The van der Waals surface area contributed by atoms with E-state index in [2.05, 4.69) is 10.3 Å². The Morgan fingerprint density at radius 1 is 1.12 bits per heavy atom. The number of aromatic nitrogens is 1. The van der Waals surface area contributed by atoms with Crippen molar-refractivity contribution in [3.8, 4) is 16.9 Å². The van der Waals surface area contributed by atoms with Crippen LogP contribution in [0.4, 0.5) is 0 Å². The van der Waals surface area contributed by atoms with E-state index in [0.717, 1.165) is 16.9 Å². The fourth-order valence-electron chi connectivity index (χ4n) is 2.21. The number of unbranched alkanes of at least 4 members (excludes halogenated alkanes) is 1. The van der Waals surface area contributed by atoms with Crippen molar-refractivity contribution in [3.05, 3.63) is 48.3 Å². The van der Waals surface area contributed by atoms with Gasteiger partial charge in [0.25, 0.3) is 5.91 Å². The van der Waals surface area contributed by atoms with E-state index >= 15 is 0 Å². The summed E-state index contributed by atoms with van der Waals surface area (Å²) in [6.07, 6.45) is 4.50. The molecule has 0 aliphatic carbocycles. The molecular weight excluding hydrogens is 308 g/mol. The second kappa shape index (κ2) is 8.67. The molecule has 1 amide bonds. The molecule has 1 aromatic carbocycles. The molecule has 0 unspecified atom stereocenters. The van der Waals surface area contributed by atoms with Gasteiger partial charge in [0.2, 0.25) is 0 Å². The SMILES string of the molecule is COc1ccc(-c2cncc(C(=O)NCCCCC(=O)O)c2)cc1. The highest BCUT2D eigenvalue weighted by Gasteiger charge is 2.08. The summed E-state index contributed by atoms with van der Waals surface area (Å²) in [5.41, 5.74) is 2.26. The Labute approximate surface area is 140 Å². The summed E-state index contributed by atoms with van der Waals surface area (Å²) in [7, 11) is 1.61. The molecule has 2 rings (SSSR count). The standard InChI is InChI=1S/C18H20N2O4/c1-24-16-7-5-13(6-8-16)14-10-15(12-19-11-14)18(23)20-9-3-2-4-17(21)22/h5-8,10-12H,2-4,9H2,1H3,(H,20,23)(H,21,22). The first-order valence-electron chi connectivity index (χ1n) is 7.69. The Balaban J connectivity index is 1.96. The minimum absolute atomic E-state index is 0.115. The smallest absolute Gasteiger partial charge is 0.303 e. The van der Waals surface area contributed by atoms with Gasteiger partial charge in [-0.05, 0) is 36.6 Å². The lowest BCUT2D eigenvalue weighted by molar-refractivity contribution is -0.137. The van der Waals surface area contributed by atoms with Crippen molar-refractivity contribution in [2.45, 2.75) is 19.3 Å². The van der Waals surface area contributed by atoms with E-state index in [-0.39, 0.29) is 12.3 Å². The van der Waals surface area contributed by atoms with E-state index in [4.69, 9.17) is 9.84 Å². The minimum atomic E-state index is -0.822. The number of rotatable bonds is 8. The highest BCUT2D eigenvalue weighted by atomic mass is 16.5. The molecule has 24 heavy (non-hydrogen) atoms. The highest BCUT2D eigenvalue weighted by Crippen LogP contribution is 2.22. The Hall–Kier alpha value is -2.89. The van der Waals surface area contributed by atoms with Crippen LogP contribution < -0.4 is 10.1 Å². The fraction of sp³-hybridized carbons (Fsp3) is 0.278. The second-order valence-electron chi connectivity index (χ2n) is 5.30. The first kappa shape index (κ1) is 17.5. The maximum absolute atomic E-state index is 12.1. The maximum Gasteiger partial charge on any atom is 0.303 e. The number of carbonyl (C=O) groups excluding carboxylic acids is 1. The molecule has 1 aromatic heterocycles. The summed E-state index contributed by atoms with van der Waals surface area (Å²) in [5.74, 6) is -0.270. The first-order valence-corrected chi connectivity index (χ1v) is 7.69. The van der Waals surface area contributed by atoms with Crippen molar-refractivity contribution in [2.24, 2.45) is 0 Å². The summed E-state index contributed by atoms with van der Waals surface area (Å²) in [4.78, 5) is 26.7. The molecule has 2 N–H and O–H groups in total. The van der Waals surface area contributed by atoms with Gasteiger partial charge in [0.05, 0.1) is 12.7 Å². The number of hydrogen-bond acceptors (Lipinski definition) is 4. The Morgan fingerprint density at radius 3 is 2.54 bits per heavy atom. The summed E-state index contributed by atoms with van der Waals surface area (Å²) < 4.78 is 5.13. The average Bonchev–Trinajstić information content (AvgIpc) is 2.61. The number of carbonyl (C=O) groups is 2. The van der Waals surface area contributed by atoms with Crippen molar-refractivity contribution in [1.82, 2.24) is 10.3 Å². The number of amides is 1. The third-order valence-corrected chi connectivity index (χ3v) is 3.53. The molecule has 0 bridgehead atoms. The van der Waals surface area contributed by atoms with Crippen LogP contribution in [0.3, 0.4) is 0 Å². The van der Waals surface area contributed by atoms with Gasteiger partial charge in [-0.25, -0.2) is 0 Å². The van der Waals surface area contributed by atoms with Crippen molar-refractivity contribution in [3.63, 3.8) is 0 Å². The third-order valence-electron chi connectivity index (χ3n) is 3.53. The van der Waals surface area contributed by atoms with Gasteiger partial charge in [-0.1, -0.05) is 12.1 Å². The first-order chi connectivity index (χ1) is 11.6. The van der Waals surface area contributed by atoms with Crippen LogP contribution >= 0.6 is 0 Å². The van der Waals surface area contributed by atoms with Gasteiger partial charge in [0, 0.05) is 30.9 Å². The summed E-state index contributed by atoms with van der Waals surface area (Å²) in [6, 6.07) is 9.29. The number of hydrogen-bond donors (Lipinski definition) is 2. The summed E-state index contributed by atoms with van der Waals surface area (Å²) >= 11 is 0. The second-order valence-corrected chi connectivity index (χ2v) is 5.30. The van der Waals surface area contributed by atoms with Gasteiger partial charge in [0.15, 0.2) is 0 Å². The van der Waals surface area contributed by atoms with Crippen molar-refractivity contribution >= 4 is 11.9 Å². The van der Waals surface area contributed by atoms with Crippen LogP contribution in [-0.4, -0.2) is 35.6 Å². The van der Waals surface area contributed by atoms with Gasteiger partial charge in [-0.3, -0.25) is 14.6 Å². The molecule has 2 aromatic rings. The average molecular weight is 328 g/mol. The Bertz CT molecular complexity index is 698. The lowest BCUT2D eigenvalue weighted by Gasteiger charge is -2.07. The lowest BCUT2D eigenvalue weighted by Crippen LogP contribution is -2.24. The molecule has 0 saturated heterocycles. The molecule has 0 fully saturated rings. The number of nitrogens with zero attached hydrogens (tertiary/aromatic N) is 1. The molecule has 0 saturated carbocycles. The third kappa shape index (κ3) is 5.08. The maximum atomic E-state index is 12.1. The normalized spacial score (nSPS) is 10.2. The molecule has 6 nitrogen and oxygen atoms in total. The minimum Gasteiger partial charge on any atom is -0.497 e. The van der Waals surface area contributed by atoms with E-state index in [0.29, 0.717) is 24.9 Å². The van der Waals surface area contributed by atoms with E-state index in [9.17, 15) is 9.59 Å². The van der Waals surface area contributed by atoms with Gasteiger partial charge < -0.3 is 15.2 Å². The van der Waals surface area contributed by atoms with Crippen LogP contribution in [0.1, 0.15) is 29.6 Å². The van der Waals surface area contributed by atoms with Crippen LogP contribution in [0.15, 0.2) is 42.7 Å². The lowest BCUT2D eigenvalue weighted by atomic mass is 10.1. The summed E-state index contributed by atoms with van der Waals surface area (Å²) in [6.45, 7) is 0.443. The van der Waals surface area contributed by atoms with Crippen molar-refractivity contribution < 1.29 is 19.4 Å². The molecule has 0 spiro atoms. The monoisotopic (exact) mass is 328 g/mol. The number of ether oxygens (including phenoxy) is 1. The fourth-order valence-corrected chi connectivity index (χ4v) is 2.21. The van der Waals surface area contributed by atoms with Gasteiger partial charge in [0.1, 0.15) is 5.75 Å². The van der Waals surface area contributed by atoms with Gasteiger partial charge >= 0.3 is 5.97 Å². The number of nitrogens with one attached hydrogen (secondary N) is 1. The Morgan fingerprint density at radius 2 is 1.88 bits per heavy atom.